The molecule has 0 aliphatic carbocycles. The highest BCUT2D eigenvalue weighted by atomic mass is 35.5. The maximum absolute atomic E-state index is 12.1. The average molecular weight is 383 g/mol. The van der Waals surface area contributed by atoms with Gasteiger partial charge in [-0.05, 0) is 26.0 Å². The number of para-hydroxylation sites is 1. The number of amides is 3. The summed E-state index contributed by atoms with van der Waals surface area (Å²) in [4.78, 5) is 41.1. The number of aliphatic imine (C=N–C) groups is 1. The molecule has 3 amide bonds. The zero-order valence-electron chi connectivity index (χ0n) is 13.9. The average Bonchev–Trinajstić information content (AvgIpc) is 2.91. The van der Waals surface area contributed by atoms with Gasteiger partial charge in [-0.15, -0.1) is 0 Å². The lowest BCUT2D eigenvalue weighted by Crippen LogP contribution is -2.40. The van der Waals surface area contributed by atoms with Gasteiger partial charge in [-0.2, -0.15) is 0 Å². The Bertz CT molecular complexity index is 708. The quantitative estimate of drug-likeness (QED) is 0.778. The van der Waals surface area contributed by atoms with E-state index in [1.165, 1.54) is 4.90 Å². The standard InChI is InChI=1S/C16H19ClN4O3S/c1-10(2)20-13(22)7-18-14(23)9-25-16-19-8-15(24)21(16)12-6-4-3-5-11(12)17/h3-6,10H,7-9H2,1-2H3,(H,18,23)(H,20,22). The maximum Gasteiger partial charge on any atom is 0.254 e. The Balaban J connectivity index is 1.89. The largest absolute Gasteiger partial charge is 0.352 e. The van der Waals surface area contributed by atoms with Crippen LogP contribution in [0.25, 0.3) is 0 Å². The number of hydrogen-bond acceptors (Lipinski definition) is 5. The minimum atomic E-state index is -0.315. The van der Waals surface area contributed by atoms with Crippen LogP contribution in [0, 0.1) is 0 Å². The Morgan fingerprint density at radius 3 is 2.72 bits per heavy atom. The highest BCUT2D eigenvalue weighted by Crippen LogP contribution is 2.30. The normalized spacial score (nSPS) is 13.8. The van der Waals surface area contributed by atoms with Crippen molar-refractivity contribution in [1.82, 2.24) is 10.6 Å². The van der Waals surface area contributed by atoms with Crippen LogP contribution in [0.5, 0.6) is 0 Å². The molecule has 134 valence electrons. The van der Waals surface area contributed by atoms with Gasteiger partial charge in [0.25, 0.3) is 5.91 Å². The molecule has 1 aliphatic rings. The first-order valence-electron chi connectivity index (χ1n) is 7.69. The molecular weight excluding hydrogens is 364 g/mol. The van der Waals surface area contributed by atoms with Crippen LogP contribution in [-0.2, 0) is 14.4 Å². The smallest absolute Gasteiger partial charge is 0.254 e. The Morgan fingerprint density at radius 1 is 1.32 bits per heavy atom. The first-order chi connectivity index (χ1) is 11.9. The van der Waals surface area contributed by atoms with Crippen LogP contribution >= 0.6 is 23.4 Å². The number of carbonyl (C=O) groups excluding carboxylic acids is 3. The number of halogens is 1. The molecule has 0 aromatic heterocycles. The number of benzene rings is 1. The molecule has 0 saturated carbocycles. The van der Waals surface area contributed by atoms with E-state index < -0.39 is 0 Å². The minimum absolute atomic E-state index is 0.0156. The van der Waals surface area contributed by atoms with E-state index in [-0.39, 0.29) is 42.6 Å². The summed E-state index contributed by atoms with van der Waals surface area (Å²) in [6, 6.07) is 6.96. The van der Waals surface area contributed by atoms with E-state index in [2.05, 4.69) is 15.6 Å². The van der Waals surface area contributed by atoms with E-state index in [1.54, 1.807) is 24.3 Å². The van der Waals surface area contributed by atoms with Crippen molar-refractivity contribution in [1.29, 1.82) is 0 Å². The molecule has 9 heteroatoms. The summed E-state index contributed by atoms with van der Waals surface area (Å²) in [5.41, 5.74) is 0.537. The summed E-state index contributed by atoms with van der Waals surface area (Å²) in [6.07, 6.45) is 0. The summed E-state index contributed by atoms with van der Waals surface area (Å²) >= 11 is 7.27. The predicted molar refractivity (Wildman–Crippen MR) is 100.0 cm³/mol. The lowest BCUT2D eigenvalue weighted by molar-refractivity contribution is -0.125. The summed E-state index contributed by atoms with van der Waals surface area (Å²) in [5, 5.41) is 6.06. The predicted octanol–water partition coefficient (Wildman–Crippen LogP) is 1.42. The highest BCUT2D eigenvalue weighted by Gasteiger charge is 2.29. The number of rotatable bonds is 6. The van der Waals surface area contributed by atoms with Gasteiger partial charge in [0.05, 0.1) is 23.0 Å². The molecule has 2 N–H and O–H groups in total. The number of carbonyl (C=O) groups is 3. The summed E-state index contributed by atoms with van der Waals surface area (Å²) in [6.45, 7) is 3.62. The second kappa shape index (κ2) is 8.87. The molecule has 0 saturated heterocycles. The van der Waals surface area contributed by atoms with Gasteiger partial charge in [0.1, 0.15) is 6.54 Å². The number of anilines is 1. The molecule has 1 aromatic carbocycles. The van der Waals surface area contributed by atoms with Gasteiger partial charge in [0, 0.05) is 6.04 Å². The maximum atomic E-state index is 12.1. The molecule has 1 heterocycles. The molecule has 0 atom stereocenters. The fraction of sp³-hybridized carbons (Fsp3) is 0.375. The second-order valence-corrected chi connectivity index (χ2v) is 6.92. The lowest BCUT2D eigenvalue weighted by atomic mass is 10.3. The Hall–Kier alpha value is -2.06. The van der Waals surface area contributed by atoms with Crippen molar-refractivity contribution in [2.24, 2.45) is 4.99 Å². The zero-order chi connectivity index (χ0) is 18.4. The van der Waals surface area contributed by atoms with Gasteiger partial charge in [-0.3, -0.25) is 24.3 Å². The van der Waals surface area contributed by atoms with E-state index in [1.807, 2.05) is 13.8 Å². The van der Waals surface area contributed by atoms with Crippen LogP contribution < -0.4 is 15.5 Å². The van der Waals surface area contributed by atoms with Crippen LogP contribution in [0.3, 0.4) is 0 Å². The van der Waals surface area contributed by atoms with Crippen LogP contribution in [0.15, 0.2) is 29.3 Å². The Morgan fingerprint density at radius 2 is 2.04 bits per heavy atom. The number of nitrogens with one attached hydrogen (secondary N) is 2. The molecule has 0 spiro atoms. The van der Waals surface area contributed by atoms with Crippen LogP contribution in [0.4, 0.5) is 5.69 Å². The monoisotopic (exact) mass is 382 g/mol. The van der Waals surface area contributed by atoms with Crippen molar-refractivity contribution < 1.29 is 14.4 Å². The number of hydrogen-bond donors (Lipinski definition) is 2. The topological polar surface area (TPSA) is 90.9 Å². The van der Waals surface area contributed by atoms with Crippen LogP contribution in [0.1, 0.15) is 13.8 Å². The molecule has 7 nitrogen and oxygen atoms in total. The van der Waals surface area contributed by atoms with Crippen molar-refractivity contribution in [2.75, 3.05) is 23.7 Å². The molecule has 1 aliphatic heterocycles. The molecule has 2 rings (SSSR count). The zero-order valence-corrected chi connectivity index (χ0v) is 15.5. The third-order valence-corrected chi connectivity index (χ3v) is 4.41. The van der Waals surface area contributed by atoms with E-state index >= 15 is 0 Å². The van der Waals surface area contributed by atoms with Gasteiger partial charge >= 0.3 is 0 Å². The van der Waals surface area contributed by atoms with Gasteiger partial charge in [0.2, 0.25) is 11.8 Å². The van der Waals surface area contributed by atoms with Crippen molar-refractivity contribution in [2.45, 2.75) is 19.9 Å². The summed E-state index contributed by atoms with van der Waals surface area (Å²) in [5.74, 6) is -0.723. The second-order valence-electron chi connectivity index (χ2n) is 5.57. The number of amidine groups is 1. The highest BCUT2D eigenvalue weighted by molar-refractivity contribution is 8.14. The number of thioether (sulfide) groups is 1. The molecule has 0 radical (unpaired) electrons. The summed E-state index contributed by atoms with van der Waals surface area (Å²) < 4.78 is 0. The van der Waals surface area contributed by atoms with E-state index in [4.69, 9.17) is 11.6 Å². The van der Waals surface area contributed by atoms with Crippen molar-refractivity contribution in [3.63, 3.8) is 0 Å². The Kier molecular flexibility index (Phi) is 6.83. The SMILES string of the molecule is CC(C)NC(=O)CNC(=O)CSC1=NCC(=O)N1c1ccccc1Cl. The molecular formula is C16H19ClN4O3S. The molecule has 0 fully saturated rings. The van der Waals surface area contributed by atoms with Gasteiger partial charge in [-0.25, -0.2) is 0 Å². The Labute approximate surface area is 155 Å². The van der Waals surface area contributed by atoms with Gasteiger partial charge in [-0.1, -0.05) is 35.5 Å². The van der Waals surface area contributed by atoms with Crippen molar-refractivity contribution >= 4 is 51.9 Å². The fourth-order valence-electron chi connectivity index (χ4n) is 2.10. The third kappa shape index (κ3) is 5.47. The molecule has 1 aromatic rings. The van der Waals surface area contributed by atoms with Crippen molar-refractivity contribution in [3.8, 4) is 0 Å². The first kappa shape index (κ1) is 19.3. The first-order valence-corrected chi connectivity index (χ1v) is 9.05. The van der Waals surface area contributed by atoms with Crippen LogP contribution in [-0.4, -0.2) is 47.8 Å². The molecule has 0 bridgehead atoms. The van der Waals surface area contributed by atoms with E-state index in [0.29, 0.717) is 15.9 Å². The van der Waals surface area contributed by atoms with E-state index in [9.17, 15) is 14.4 Å². The minimum Gasteiger partial charge on any atom is -0.352 e. The van der Waals surface area contributed by atoms with Crippen molar-refractivity contribution in [3.05, 3.63) is 29.3 Å². The third-order valence-electron chi connectivity index (χ3n) is 3.11. The van der Waals surface area contributed by atoms with Crippen LogP contribution in [0.2, 0.25) is 5.02 Å². The summed E-state index contributed by atoms with van der Waals surface area (Å²) in [7, 11) is 0. The molecule has 0 unspecified atom stereocenters. The fourth-order valence-corrected chi connectivity index (χ4v) is 3.16. The molecule has 25 heavy (non-hydrogen) atoms. The number of nitrogens with zero attached hydrogens (tertiary/aromatic N) is 2. The lowest BCUT2D eigenvalue weighted by Gasteiger charge is -2.19. The van der Waals surface area contributed by atoms with Gasteiger partial charge < -0.3 is 10.6 Å². The van der Waals surface area contributed by atoms with Gasteiger partial charge in [0.15, 0.2) is 5.17 Å². The van der Waals surface area contributed by atoms with E-state index in [0.717, 1.165) is 11.8 Å².